The zero-order valence-electron chi connectivity index (χ0n) is 9.71. The molecule has 0 spiro atoms. The zero-order valence-corrected chi connectivity index (χ0v) is 9.71. The van der Waals surface area contributed by atoms with E-state index in [2.05, 4.69) is 21.5 Å². The molecule has 1 heterocycles. The molecule has 0 radical (unpaired) electrons. The number of terminal acetylenes is 1. The molecule has 0 aliphatic carbocycles. The van der Waals surface area contributed by atoms with Crippen molar-refractivity contribution in [1.82, 2.24) is 20.3 Å². The molecule has 0 aliphatic rings. The first-order chi connectivity index (χ1) is 8.83. The molecule has 18 heavy (non-hydrogen) atoms. The second-order valence-electron chi connectivity index (χ2n) is 3.60. The summed E-state index contributed by atoms with van der Waals surface area (Å²) >= 11 is 0. The predicted octanol–water partition coefficient (Wildman–Crippen LogP) is 0.673. The summed E-state index contributed by atoms with van der Waals surface area (Å²) in [5.41, 5.74) is 1.24. The van der Waals surface area contributed by atoms with Crippen molar-refractivity contribution < 1.29 is 4.79 Å². The van der Waals surface area contributed by atoms with Gasteiger partial charge in [-0.05, 0) is 12.1 Å². The standard InChI is InChI=1S/C13H12N4O/c1-2-8-14-10-13(18)12-9-15-16-17(12)11-6-4-3-5-7-11/h1,3-7,9,14H,8,10H2. The van der Waals surface area contributed by atoms with E-state index in [4.69, 9.17) is 6.42 Å². The number of aromatic nitrogens is 3. The molecule has 0 saturated carbocycles. The molecule has 0 atom stereocenters. The molecule has 1 N–H and O–H groups in total. The summed E-state index contributed by atoms with van der Waals surface area (Å²) < 4.78 is 1.51. The van der Waals surface area contributed by atoms with Crippen LogP contribution in [0.25, 0.3) is 5.69 Å². The maximum Gasteiger partial charge on any atom is 0.196 e. The number of benzene rings is 1. The van der Waals surface area contributed by atoms with Gasteiger partial charge in [-0.25, -0.2) is 4.68 Å². The number of ketones is 1. The minimum Gasteiger partial charge on any atom is -0.299 e. The summed E-state index contributed by atoms with van der Waals surface area (Å²) in [4.78, 5) is 11.9. The summed E-state index contributed by atoms with van der Waals surface area (Å²) in [5, 5.41) is 10.5. The summed E-state index contributed by atoms with van der Waals surface area (Å²) in [5.74, 6) is 2.32. The van der Waals surface area contributed by atoms with Crippen LogP contribution in [0, 0.1) is 12.3 Å². The van der Waals surface area contributed by atoms with Crippen molar-refractivity contribution in [2.24, 2.45) is 0 Å². The number of carbonyl (C=O) groups excluding carboxylic acids is 1. The van der Waals surface area contributed by atoms with Gasteiger partial charge in [0, 0.05) is 0 Å². The Morgan fingerprint density at radius 3 is 2.89 bits per heavy atom. The van der Waals surface area contributed by atoms with Crippen molar-refractivity contribution >= 4 is 5.78 Å². The lowest BCUT2D eigenvalue weighted by atomic mass is 10.2. The van der Waals surface area contributed by atoms with E-state index < -0.39 is 0 Å². The van der Waals surface area contributed by atoms with E-state index in [1.165, 1.54) is 10.9 Å². The van der Waals surface area contributed by atoms with Crippen LogP contribution in [0.2, 0.25) is 0 Å². The van der Waals surface area contributed by atoms with Gasteiger partial charge >= 0.3 is 0 Å². The van der Waals surface area contributed by atoms with Crippen LogP contribution in [0.15, 0.2) is 36.5 Å². The third-order valence-corrected chi connectivity index (χ3v) is 2.35. The van der Waals surface area contributed by atoms with Crippen LogP contribution in [0.3, 0.4) is 0 Å². The second-order valence-corrected chi connectivity index (χ2v) is 3.60. The largest absolute Gasteiger partial charge is 0.299 e. The highest BCUT2D eigenvalue weighted by atomic mass is 16.1. The van der Waals surface area contributed by atoms with Gasteiger partial charge in [-0.2, -0.15) is 0 Å². The van der Waals surface area contributed by atoms with Gasteiger partial charge in [0.05, 0.1) is 25.0 Å². The Kier molecular flexibility index (Phi) is 3.84. The lowest BCUT2D eigenvalue weighted by Crippen LogP contribution is -2.25. The third-order valence-electron chi connectivity index (χ3n) is 2.35. The van der Waals surface area contributed by atoms with E-state index in [0.717, 1.165) is 5.69 Å². The molecule has 1 aromatic carbocycles. The minimum atomic E-state index is -0.0981. The monoisotopic (exact) mass is 240 g/mol. The van der Waals surface area contributed by atoms with Crippen LogP contribution >= 0.6 is 0 Å². The van der Waals surface area contributed by atoms with Gasteiger partial charge in [0.2, 0.25) is 0 Å². The molecule has 0 saturated heterocycles. The highest BCUT2D eigenvalue weighted by Crippen LogP contribution is 2.08. The van der Waals surface area contributed by atoms with Gasteiger partial charge < -0.3 is 0 Å². The molecular formula is C13H12N4O. The zero-order chi connectivity index (χ0) is 12.8. The van der Waals surface area contributed by atoms with E-state index in [1.807, 2.05) is 30.3 Å². The van der Waals surface area contributed by atoms with E-state index in [9.17, 15) is 4.79 Å². The number of nitrogens with one attached hydrogen (secondary N) is 1. The molecule has 0 amide bonds. The fraction of sp³-hybridized carbons (Fsp3) is 0.154. The third kappa shape index (κ3) is 2.62. The van der Waals surface area contributed by atoms with Crippen molar-refractivity contribution in [2.45, 2.75) is 0 Å². The van der Waals surface area contributed by atoms with Crippen LogP contribution < -0.4 is 5.32 Å². The summed E-state index contributed by atoms with van der Waals surface area (Å²) in [6, 6.07) is 9.38. The van der Waals surface area contributed by atoms with Crippen molar-refractivity contribution in [1.29, 1.82) is 0 Å². The molecule has 5 heteroatoms. The Labute approximate surface area is 105 Å². The van der Waals surface area contributed by atoms with Crippen LogP contribution in [0.1, 0.15) is 10.5 Å². The molecular weight excluding hydrogens is 228 g/mol. The van der Waals surface area contributed by atoms with Crippen molar-refractivity contribution in [3.63, 3.8) is 0 Å². The van der Waals surface area contributed by atoms with Crippen LogP contribution in [-0.2, 0) is 0 Å². The van der Waals surface area contributed by atoms with E-state index >= 15 is 0 Å². The summed E-state index contributed by atoms with van der Waals surface area (Å²) in [6.45, 7) is 0.531. The first kappa shape index (κ1) is 12.0. The van der Waals surface area contributed by atoms with Crippen LogP contribution in [-0.4, -0.2) is 33.9 Å². The highest BCUT2D eigenvalue weighted by Gasteiger charge is 2.13. The Morgan fingerprint density at radius 2 is 2.17 bits per heavy atom. The lowest BCUT2D eigenvalue weighted by Gasteiger charge is -2.05. The van der Waals surface area contributed by atoms with Crippen LogP contribution in [0.4, 0.5) is 0 Å². The molecule has 5 nitrogen and oxygen atoms in total. The Morgan fingerprint density at radius 1 is 1.39 bits per heavy atom. The average molecular weight is 240 g/mol. The maximum atomic E-state index is 11.9. The molecule has 0 unspecified atom stereocenters. The first-order valence-corrected chi connectivity index (χ1v) is 5.46. The fourth-order valence-corrected chi connectivity index (χ4v) is 1.52. The molecule has 1 aromatic heterocycles. The highest BCUT2D eigenvalue weighted by molar-refractivity contribution is 5.96. The molecule has 2 rings (SSSR count). The van der Waals surface area contributed by atoms with Gasteiger partial charge in [0.15, 0.2) is 5.78 Å². The number of nitrogens with zero attached hydrogens (tertiary/aromatic N) is 3. The molecule has 0 bridgehead atoms. The van der Waals surface area contributed by atoms with Crippen molar-refractivity contribution in [2.75, 3.05) is 13.1 Å². The van der Waals surface area contributed by atoms with E-state index in [0.29, 0.717) is 12.2 Å². The van der Waals surface area contributed by atoms with Crippen molar-refractivity contribution in [3.8, 4) is 18.0 Å². The van der Waals surface area contributed by atoms with Crippen molar-refractivity contribution in [3.05, 3.63) is 42.2 Å². The molecule has 0 aliphatic heterocycles. The minimum absolute atomic E-state index is 0.0981. The van der Waals surface area contributed by atoms with E-state index in [-0.39, 0.29) is 12.3 Å². The molecule has 2 aromatic rings. The Balaban J connectivity index is 2.18. The SMILES string of the molecule is C#CCNCC(=O)c1cnnn1-c1ccccc1. The fourth-order valence-electron chi connectivity index (χ4n) is 1.52. The number of hydrogen-bond donors (Lipinski definition) is 1. The van der Waals surface area contributed by atoms with Crippen LogP contribution in [0.5, 0.6) is 0 Å². The van der Waals surface area contributed by atoms with Gasteiger partial charge in [-0.15, -0.1) is 11.5 Å². The second kappa shape index (κ2) is 5.75. The van der Waals surface area contributed by atoms with Gasteiger partial charge in [-0.3, -0.25) is 10.1 Å². The topological polar surface area (TPSA) is 59.8 Å². The number of para-hydroxylation sites is 1. The number of rotatable bonds is 5. The summed E-state index contributed by atoms with van der Waals surface area (Å²) in [7, 11) is 0. The maximum absolute atomic E-state index is 11.9. The van der Waals surface area contributed by atoms with Gasteiger partial charge in [-0.1, -0.05) is 29.3 Å². The molecule has 90 valence electrons. The predicted molar refractivity (Wildman–Crippen MR) is 67.4 cm³/mol. The Hall–Kier alpha value is -2.45. The quantitative estimate of drug-likeness (QED) is 0.474. The smallest absolute Gasteiger partial charge is 0.196 e. The van der Waals surface area contributed by atoms with Gasteiger partial charge in [0.1, 0.15) is 5.69 Å². The molecule has 0 fully saturated rings. The number of Topliss-reactive ketones (excluding diaryl/α,β-unsaturated/α-hetero) is 1. The Bertz CT molecular complexity index is 568. The number of carbonyl (C=O) groups is 1. The first-order valence-electron chi connectivity index (χ1n) is 5.46. The average Bonchev–Trinajstić information content (AvgIpc) is 2.89. The summed E-state index contributed by atoms with van der Waals surface area (Å²) in [6.07, 6.45) is 6.55. The van der Waals surface area contributed by atoms with E-state index in [1.54, 1.807) is 0 Å². The lowest BCUT2D eigenvalue weighted by molar-refractivity contribution is 0.0985. The number of hydrogen-bond acceptors (Lipinski definition) is 4. The normalized spacial score (nSPS) is 9.94. The van der Waals surface area contributed by atoms with Gasteiger partial charge in [0.25, 0.3) is 0 Å².